The molecule has 5 heteroatoms. The van der Waals surface area contributed by atoms with Crippen molar-refractivity contribution in [3.8, 4) is 0 Å². The molecule has 0 bridgehead atoms. The number of halogens is 1. The lowest BCUT2D eigenvalue weighted by atomic mass is 9.77. The highest BCUT2D eigenvalue weighted by Gasteiger charge is 2.38. The first kappa shape index (κ1) is 14.3. The van der Waals surface area contributed by atoms with Crippen molar-refractivity contribution in [1.82, 2.24) is 0 Å². The smallest absolute Gasteiger partial charge is 0.269 e. The van der Waals surface area contributed by atoms with Gasteiger partial charge < -0.3 is 5.32 Å². The van der Waals surface area contributed by atoms with Gasteiger partial charge in [0.15, 0.2) is 0 Å². The van der Waals surface area contributed by atoms with Crippen LogP contribution in [0.2, 0.25) is 5.02 Å². The zero-order valence-electron chi connectivity index (χ0n) is 12.3. The number of hydrogen-bond donors (Lipinski definition) is 1. The third-order valence-electron chi connectivity index (χ3n) is 4.80. The number of benzene rings is 2. The van der Waals surface area contributed by atoms with Crippen molar-refractivity contribution in [2.45, 2.75) is 18.4 Å². The second-order valence-corrected chi connectivity index (χ2v) is 6.43. The lowest BCUT2D eigenvalue weighted by Crippen LogP contribution is -2.29. The fourth-order valence-electron chi connectivity index (χ4n) is 3.73. The van der Waals surface area contributed by atoms with Crippen molar-refractivity contribution in [3.05, 3.63) is 80.9 Å². The molecule has 0 saturated heterocycles. The maximum atomic E-state index is 11.1. The van der Waals surface area contributed by atoms with Gasteiger partial charge in [-0.05, 0) is 30.0 Å². The number of non-ortho nitro benzene ring substituents is 1. The van der Waals surface area contributed by atoms with Gasteiger partial charge in [-0.3, -0.25) is 10.1 Å². The Morgan fingerprint density at radius 2 is 2.00 bits per heavy atom. The molecule has 0 saturated carbocycles. The van der Waals surface area contributed by atoms with Crippen molar-refractivity contribution in [2.75, 3.05) is 5.32 Å². The predicted octanol–water partition coefficient (Wildman–Crippen LogP) is 5.07. The Balaban J connectivity index is 1.81. The summed E-state index contributed by atoms with van der Waals surface area (Å²) >= 11 is 6.37. The van der Waals surface area contributed by atoms with Gasteiger partial charge in [0, 0.05) is 34.3 Å². The van der Waals surface area contributed by atoms with Crippen LogP contribution >= 0.6 is 11.6 Å². The average Bonchev–Trinajstić information content (AvgIpc) is 3.04. The number of hydrogen-bond acceptors (Lipinski definition) is 3. The van der Waals surface area contributed by atoms with Crippen LogP contribution in [0.15, 0.2) is 54.6 Å². The zero-order chi connectivity index (χ0) is 16.0. The molecule has 0 radical (unpaired) electrons. The number of nitro groups is 1. The quantitative estimate of drug-likeness (QED) is 0.476. The van der Waals surface area contributed by atoms with E-state index in [0.717, 1.165) is 17.7 Å². The van der Waals surface area contributed by atoms with Gasteiger partial charge >= 0.3 is 0 Å². The van der Waals surface area contributed by atoms with Crippen molar-refractivity contribution >= 4 is 23.0 Å². The van der Waals surface area contributed by atoms with Crippen LogP contribution in [0, 0.1) is 16.0 Å². The highest BCUT2D eigenvalue weighted by Crippen LogP contribution is 2.50. The Hall–Kier alpha value is -2.33. The van der Waals surface area contributed by atoms with E-state index < -0.39 is 0 Å². The third-order valence-corrected chi connectivity index (χ3v) is 5.14. The molecule has 4 rings (SSSR count). The van der Waals surface area contributed by atoms with Gasteiger partial charge in [-0.25, -0.2) is 0 Å². The van der Waals surface area contributed by atoms with Crippen molar-refractivity contribution in [2.24, 2.45) is 5.92 Å². The van der Waals surface area contributed by atoms with Crippen molar-refractivity contribution in [3.63, 3.8) is 0 Å². The molecule has 0 fully saturated rings. The van der Waals surface area contributed by atoms with Crippen LogP contribution in [0.5, 0.6) is 0 Å². The molecular formula is C18H15ClN2O2. The van der Waals surface area contributed by atoms with Crippen LogP contribution in [0.25, 0.3) is 0 Å². The topological polar surface area (TPSA) is 55.2 Å². The van der Waals surface area contributed by atoms with Crippen LogP contribution in [0.1, 0.15) is 29.5 Å². The number of allylic oxidation sites excluding steroid dienone is 2. The van der Waals surface area contributed by atoms with Crippen molar-refractivity contribution < 1.29 is 4.92 Å². The van der Waals surface area contributed by atoms with Crippen LogP contribution in [0.4, 0.5) is 11.4 Å². The first-order valence-electron chi connectivity index (χ1n) is 7.61. The van der Waals surface area contributed by atoms with E-state index in [1.165, 1.54) is 11.6 Å². The summed E-state index contributed by atoms with van der Waals surface area (Å²) in [5.74, 6) is 0.650. The number of anilines is 1. The maximum Gasteiger partial charge on any atom is 0.269 e. The Morgan fingerprint density at radius 1 is 1.17 bits per heavy atom. The molecule has 0 spiro atoms. The Labute approximate surface area is 138 Å². The Bertz CT molecular complexity index is 818. The minimum absolute atomic E-state index is 0.0303. The van der Waals surface area contributed by atoms with Gasteiger partial charge in [-0.1, -0.05) is 42.0 Å². The fraction of sp³-hybridized carbons (Fsp3) is 0.222. The van der Waals surface area contributed by atoms with Gasteiger partial charge in [0.05, 0.1) is 11.0 Å². The molecule has 116 valence electrons. The summed E-state index contributed by atoms with van der Waals surface area (Å²) in [6.45, 7) is 0. The molecule has 1 N–H and O–H groups in total. The molecule has 0 amide bonds. The molecule has 2 aliphatic rings. The minimum atomic E-state index is -0.374. The highest BCUT2D eigenvalue weighted by molar-refractivity contribution is 6.31. The summed E-state index contributed by atoms with van der Waals surface area (Å²) in [6.07, 6.45) is 5.37. The highest BCUT2D eigenvalue weighted by atomic mass is 35.5. The number of nitrogens with one attached hydrogen (secondary N) is 1. The average molecular weight is 327 g/mol. The number of fused-ring (bicyclic) bond motifs is 3. The second kappa shape index (κ2) is 5.39. The molecule has 23 heavy (non-hydrogen) atoms. The van der Waals surface area contributed by atoms with Gasteiger partial charge in [-0.15, -0.1) is 0 Å². The van der Waals surface area contributed by atoms with E-state index in [9.17, 15) is 10.1 Å². The van der Waals surface area contributed by atoms with E-state index in [1.54, 1.807) is 12.1 Å². The first-order chi connectivity index (χ1) is 11.1. The molecule has 1 aliphatic heterocycles. The summed E-state index contributed by atoms with van der Waals surface area (Å²) in [6, 6.07) is 12.9. The largest absolute Gasteiger partial charge is 0.378 e. The van der Waals surface area contributed by atoms with E-state index in [0.29, 0.717) is 16.9 Å². The summed E-state index contributed by atoms with van der Waals surface area (Å²) < 4.78 is 0. The van der Waals surface area contributed by atoms with Gasteiger partial charge in [0.2, 0.25) is 0 Å². The number of nitrogens with zero attached hydrogens (tertiary/aromatic N) is 1. The van der Waals surface area contributed by atoms with E-state index in [4.69, 9.17) is 11.6 Å². The number of para-hydroxylation sites is 1. The Morgan fingerprint density at radius 3 is 2.83 bits per heavy atom. The molecule has 2 aromatic carbocycles. The lowest BCUT2D eigenvalue weighted by molar-refractivity contribution is -0.384. The normalized spacial score (nSPS) is 24.7. The molecule has 2 aromatic rings. The van der Waals surface area contributed by atoms with E-state index in [-0.39, 0.29) is 16.7 Å². The zero-order valence-corrected chi connectivity index (χ0v) is 13.0. The number of nitro benzene ring substituents is 1. The monoisotopic (exact) mass is 326 g/mol. The van der Waals surface area contributed by atoms with Crippen LogP contribution in [-0.2, 0) is 0 Å². The molecule has 2 unspecified atom stereocenters. The Kier molecular flexibility index (Phi) is 3.34. The second-order valence-electron chi connectivity index (χ2n) is 6.03. The minimum Gasteiger partial charge on any atom is -0.378 e. The fourth-order valence-corrected chi connectivity index (χ4v) is 3.97. The van der Waals surface area contributed by atoms with Crippen LogP contribution < -0.4 is 5.32 Å². The standard InChI is InChI=1S/C18H15ClN2O2/c19-16-9-8-11(21(22)23)10-15(16)18-14-6-3-5-12(14)13-4-1-2-7-17(13)20-18/h1-5,7-10,12,14,18,20H,6H2/t12?,14?,18-/m0/s1. The van der Waals surface area contributed by atoms with Crippen molar-refractivity contribution in [1.29, 1.82) is 0 Å². The van der Waals surface area contributed by atoms with E-state index >= 15 is 0 Å². The van der Waals surface area contributed by atoms with Gasteiger partial charge in [0.25, 0.3) is 5.69 Å². The third kappa shape index (κ3) is 2.30. The summed E-state index contributed by atoms with van der Waals surface area (Å²) in [4.78, 5) is 10.7. The lowest BCUT2D eigenvalue weighted by Gasteiger charge is -2.37. The molecule has 1 heterocycles. The maximum absolute atomic E-state index is 11.1. The van der Waals surface area contributed by atoms with Crippen LogP contribution in [-0.4, -0.2) is 4.92 Å². The first-order valence-corrected chi connectivity index (χ1v) is 7.99. The molecular weight excluding hydrogens is 312 g/mol. The molecule has 3 atom stereocenters. The van der Waals surface area contributed by atoms with E-state index in [2.05, 4.69) is 29.6 Å². The summed E-state index contributed by atoms with van der Waals surface area (Å²) in [5, 5.41) is 15.2. The summed E-state index contributed by atoms with van der Waals surface area (Å²) in [7, 11) is 0. The molecule has 4 nitrogen and oxygen atoms in total. The summed E-state index contributed by atoms with van der Waals surface area (Å²) in [5.41, 5.74) is 3.23. The van der Waals surface area contributed by atoms with E-state index in [1.807, 2.05) is 12.1 Å². The predicted molar refractivity (Wildman–Crippen MR) is 90.9 cm³/mol. The number of rotatable bonds is 2. The van der Waals surface area contributed by atoms with Gasteiger partial charge in [0.1, 0.15) is 0 Å². The molecule has 1 aliphatic carbocycles. The SMILES string of the molecule is O=[N+]([O-])c1ccc(Cl)c([C@H]2Nc3ccccc3C3C=CCC32)c1. The molecule has 0 aromatic heterocycles. The van der Waals surface area contributed by atoms with Gasteiger partial charge in [-0.2, -0.15) is 0 Å². The van der Waals surface area contributed by atoms with Crippen LogP contribution in [0.3, 0.4) is 0 Å².